The summed E-state index contributed by atoms with van der Waals surface area (Å²) in [6.07, 6.45) is 2.34. The first kappa shape index (κ1) is 14.3. The van der Waals surface area contributed by atoms with E-state index >= 15 is 0 Å². The first-order valence-corrected chi connectivity index (χ1v) is 7.66. The van der Waals surface area contributed by atoms with Gasteiger partial charge in [-0.05, 0) is 31.0 Å². The summed E-state index contributed by atoms with van der Waals surface area (Å²) in [5, 5.41) is 0. The first-order valence-electron chi connectivity index (χ1n) is 6.87. The highest BCUT2D eigenvalue weighted by Crippen LogP contribution is 2.30. The maximum Gasteiger partial charge on any atom is 0.163 e. The molecule has 0 fully saturated rings. The summed E-state index contributed by atoms with van der Waals surface area (Å²) in [7, 11) is 0. The zero-order valence-corrected chi connectivity index (χ0v) is 13.0. The largest absolute Gasteiger partial charge is 0.489 e. The zero-order valence-electron chi connectivity index (χ0n) is 11.4. The molecule has 0 atom stereocenters. The Morgan fingerprint density at radius 3 is 2.86 bits per heavy atom. The highest BCUT2D eigenvalue weighted by Gasteiger charge is 2.20. The van der Waals surface area contributed by atoms with Gasteiger partial charge in [0.1, 0.15) is 18.2 Å². The molecule has 1 aliphatic rings. The molecule has 0 aromatic heterocycles. The molecule has 1 aliphatic carbocycles. The number of fused-ring (bicyclic) bond motifs is 1. The zero-order chi connectivity index (χ0) is 14.8. The molecule has 0 aliphatic heterocycles. The van der Waals surface area contributed by atoms with Gasteiger partial charge in [-0.15, -0.1) is 0 Å². The van der Waals surface area contributed by atoms with Gasteiger partial charge in [0, 0.05) is 27.6 Å². The number of carbonyl (C=O) groups is 1. The topological polar surface area (TPSA) is 26.3 Å². The summed E-state index contributed by atoms with van der Waals surface area (Å²) >= 11 is 3.33. The van der Waals surface area contributed by atoms with Crippen LogP contribution in [0.25, 0.3) is 0 Å². The van der Waals surface area contributed by atoms with E-state index < -0.39 is 0 Å². The van der Waals surface area contributed by atoms with Crippen molar-refractivity contribution in [3.8, 4) is 5.75 Å². The quantitative estimate of drug-likeness (QED) is 0.804. The van der Waals surface area contributed by atoms with E-state index in [1.807, 2.05) is 18.2 Å². The molecule has 0 unspecified atom stereocenters. The third-order valence-electron chi connectivity index (χ3n) is 3.66. The molecule has 0 saturated heterocycles. The summed E-state index contributed by atoms with van der Waals surface area (Å²) in [4.78, 5) is 11.9. The van der Waals surface area contributed by atoms with Gasteiger partial charge in [-0.25, -0.2) is 4.39 Å². The normalized spacial score (nSPS) is 13.9. The average Bonchev–Trinajstić information content (AvgIpc) is 2.47. The fraction of sp³-hybridized carbons (Fsp3) is 0.235. The van der Waals surface area contributed by atoms with Crippen molar-refractivity contribution in [2.24, 2.45) is 0 Å². The predicted octanol–water partition coefficient (Wildman–Crippen LogP) is 4.69. The number of ketones is 1. The van der Waals surface area contributed by atoms with Crippen LogP contribution in [0.5, 0.6) is 5.75 Å². The number of carbonyl (C=O) groups excluding carboxylic acids is 1. The fourth-order valence-corrected chi connectivity index (χ4v) is 3.04. The highest BCUT2D eigenvalue weighted by atomic mass is 79.9. The number of ether oxygens (including phenoxy) is 1. The van der Waals surface area contributed by atoms with Gasteiger partial charge in [0.2, 0.25) is 0 Å². The summed E-state index contributed by atoms with van der Waals surface area (Å²) in [5.74, 6) is 0.648. The first-order chi connectivity index (χ1) is 10.1. The Bertz CT molecular complexity index is 697. The average molecular weight is 349 g/mol. The lowest BCUT2D eigenvalue weighted by Crippen LogP contribution is -2.12. The fourth-order valence-electron chi connectivity index (χ4n) is 2.57. The molecule has 0 amide bonds. The van der Waals surface area contributed by atoms with Crippen molar-refractivity contribution < 1.29 is 13.9 Å². The van der Waals surface area contributed by atoms with Crippen LogP contribution in [0.15, 0.2) is 40.9 Å². The van der Waals surface area contributed by atoms with Crippen LogP contribution in [0.2, 0.25) is 0 Å². The van der Waals surface area contributed by atoms with E-state index in [1.54, 1.807) is 6.07 Å². The molecule has 0 spiro atoms. The molecule has 4 heteroatoms. The standard InChI is InChI=1S/C17H14BrFO2/c18-15-9-12(19)8-7-11(15)10-21-17-6-2-3-13-14(17)4-1-5-16(13)20/h2-3,6-9H,1,4-5,10H2. The lowest BCUT2D eigenvalue weighted by atomic mass is 9.90. The SMILES string of the molecule is O=C1CCCc2c(OCc3ccc(F)cc3Br)cccc21. The van der Waals surface area contributed by atoms with E-state index in [9.17, 15) is 9.18 Å². The molecule has 21 heavy (non-hydrogen) atoms. The van der Waals surface area contributed by atoms with Gasteiger partial charge in [0.05, 0.1) is 0 Å². The highest BCUT2D eigenvalue weighted by molar-refractivity contribution is 9.10. The van der Waals surface area contributed by atoms with Gasteiger partial charge < -0.3 is 4.74 Å². The minimum absolute atomic E-state index is 0.185. The van der Waals surface area contributed by atoms with Crippen molar-refractivity contribution in [2.75, 3.05) is 0 Å². The van der Waals surface area contributed by atoms with Crippen molar-refractivity contribution in [2.45, 2.75) is 25.9 Å². The lowest BCUT2D eigenvalue weighted by Gasteiger charge is -2.18. The molecule has 0 bridgehead atoms. The molecule has 2 nitrogen and oxygen atoms in total. The predicted molar refractivity (Wildman–Crippen MR) is 82.1 cm³/mol. The smallest absolute Gasteiger partial charge is 0.163 e. The minimum atomic E-state index is -0.284. The van der Waals surface area contributed by atoms with Crippen LogP contribution < -0.4 is 4.74 Å². The van der Waals surface area contributed by atoms with Gasteiger partial charge in [0.25, 0.3) is 0 Å². The number of hydrogen-bond acceptors (Lipinski definition) is 2. The second-order valence-electron chi connectivity index (χ2n) is 5.08. The van der Waals surface area contributed by atoms with E-state index in [0.29, 0.717) is 17.5 Å². The Balaban J connectivity index is 1.83. The van der Waals surface area contributed by atoms with Gasteiger partial charge >= 0.3 is 0 Å². The van der Waals surface area contributed by atoms with Gasteiger partial charge in [-0.3, -0.25) is 4.79 Å². The molecular weight excluding hydrogens is 335 g/mol. The van der Waals surface area contributed by atoms with Crippen molar-refractivity contribution in [1.82, 2.24) is 0 Å². The Labute approximate surface area is 131 Å². The van der Waals surface area contributed by atoms with Crippen molar-refractivity contribution in [1.29, 1.82) is 0 Å². The van der Waals surface area contributed by atoms with Gasteiger partial charge in [0.15, 0.2) is 5.78 Å². The van der Waals surface area contributed by atoms with Crippen molar-refractivity contribution in [3.05, 3.63) is 63.4 Å². The summed E-state index contributed by atoms with van der Waals surface area (Å²) < 4.78 is 19.6. The number of hydrogen-bond donors (Lipinski definition) is 0. The van der Waals surface area contributed by atoms with E-state index in [-0.39, 0.29) is 11.6 Å². The van der Waals surface area contributed by atoms with Crippen LogP contribution in [-0.2, 0) is 13.0 Å². The molecule has 0 heterocycles. The van der Waals surface area contributed by atoms with Gasteiger partial charge in [-0.2, -0.15) is 0 Å². The Kier molecular flexibility index (Phi) is 4.06. The molecule has 108 valence electrons. The second-order valence-corrected chi connectivity index (χ2v) is 5.94. The van der Waals surface area contributed by atoms with E-state index in [1.165, 1.54) is 12.1 Å². The molecule has 0 N–H and O–H groups in total. The van der Waals surface area contributed by atoms with Crippen LogP contribution in [0.4, 0.5) is 4.39 Å². The lowest BCUT2D eigenvalue weighted by molar-refractivity contribution is 0.0971. The molecule has 0 radical (unpaired) electrons. The Morgan fingerprint density at radius 2 is 2.05 bits per heavy atom. The van der Waals surface area contributed by atoms with Crippen molar-refractivity contribution >= 4 is 21.7 Å². The summed E-state index contributed by atoms with van der Waals surface area (Å²) in [5.41, 5.74) is 2.64. The van der Waals surface area contributed by atoms with Crippen LogP contribution >= 0.6 is 15.9 Å². The molecular formula is C17H14BrFO2. The van der Waals surface area contributed by atoms with Crippen LogP contribution in [0, 0.1) is 5.82 Å². The Hall–Kier alpha value is -1.68. The second kappa shape index (κ2) is 5.98. The van der Waals surface area contributed by atoms with E-state index in [2.05, 4.69) is 15.9 Å². The number of Topliss-reactive ketones (excluding diaryl/α,β-unsaturated/α-hetero) is 1. The third-order valence-corrected chi connectivity index (χ3v) is 4.40. The molecule has 2 aromatic carbocycles. The van der Waals surface area contributed by atoms with E-state index in [0.717, 1.165) is 35.3 Å². The van der Waals surface area contributed by atoms with Crippen LogP contribution in [0.3, 0.4) is 0 Å². The molecule has 3 rings (SSSR count). The maximum absolute atomic E-state index is 13.1. The number of rotatable bonds is 3. The molecule has 0 saturated carbocycles. The van der Waals surface area contributed by atoms with Crippen LogP contribution in [0.1, 0.15) is 34.3 Å². The number of benzene rings is 2. The molecule has 2 aromatic rings. The van der Waals surface area contributed by atoms with Crippen LogP contribution in [-0.4, -0.2) is 5.78 Å². The van der Waals surface area contributed by atoms with Gasteiger partial charge in [-0.1, -0.05) is 34.1 Å². The summed E-state index contributed by atoms with van der Waals surface area (Å²) in [6, 6.07) is 10.1. The van der Waals surface area contributed by atoms with Crippen molar-refractivity contribution in [3.63, 3.8) is 0 Å². The maximum atomic E-state index is 13.1. The Morgan fingerprint density at radius 1 is 1.19 bits per heavy atom. The summed E-state index contributed by atoms with van der Waals surface area (Å²) in [6.45, 7) is 0.339. The third kappa shape index (κ3) is 3.00. The number of halogens is 2. The minimum Gasteiger partial charge on any atom is -0.489 e. The monoisotopic (exact) mass is 348 g/mol. The van der Waals surface area contributed by atoms with E-state index in [4.69, 9.17) is 4.74 Å².